The summed E-state index contributed by atoms with van der Waals surface area (Å²) in [6.07, 6.45) is 0.492. The zero-order chi connectivity index (χ0) is 13.9. The van der Waals surface area contributed by atoms with Crippen LogP contribution in [0.3, 0.4) is 0 Å². The lowest BCUT2D eigenvalue weighted by Crippen LogP contribution is -2.45. The predicted octanol–water partition coefficient (Wildman–Crippen LogP) is 2.00. The number of hydrogen-bond acceptors (Lipinski definition) is 5. The Morgan fingerprint density at radius 1 is 1.24 bits per heavy atom. The number of ether oxygens (including phenoxy) is 2. The molecule has 5 heteroatoms. The van der Waals surface area contributed by atoms with Gasteiger partial charge in [-0.1, -0.05) is 19.9 Å². The molecule has 0 aliphatic rings. The minimum Gasteiger partial charge on any atom is -0.428 e. The molecule has 0 spiro atoms. The summed E-state index contributed by atoms with van der Waals surface area (Å²) in [7, 11) is 0. The van der Waals surface area contributed by atoms with Crippen LogP contribution in [-0.2, 0) is 14.3 Å². The van der Waals surface area contributed by atoms with Crippen molar-refractivity contribution >= 4 is 12.1 Å². The Bertz CT molecular complexity index is 315. The van der Waals surface area contributed by atoms with E-state index in [4.69, 9.17) is 10.5 Å². The summed E-state index contributed by atoms with van der Waals surface area (Å²) in [4.78, 5) is 22.8. The van der Waals surface area contributed by atoms with Gasteiger partial charge in [0, 0.05) is 5.41 Å². The summed E-state index contributed by atoms with van der Waals surface area (Å²) >= 11 is 0. The fraction of sp³-hybridized carbons (Fsp3) is 0.667. The van der Waals surface area contributed by atoms with Gasteiger partial charge in [-0.3, -0.25) is 0 Å². The molecule has 0 saturated carbocycles. The predicted molar refractivity (Wildman–Crippen MR) is 64.3 cm³/mol. The first kappa shape index (κ1) is 15.6. The van der Waals surface area contributed by atoms with Gasteiger partial charge in [0.25, 0.3) is 0 Å². The second-order valence-corrected chi connectivity index (χ2v) is 5.39. The van der Waals surface area contributed by atoms with Crippen LogP contribution in [-0.4, -0.2) is 23.8 Å². The first-order valence-electron chi connectivity index (χ1n) is 5.33. The molecule has 0 aromatic rings. The van der Waals surface area contributed by atoms with Gasteiger partial charge in [0.15, 0.2) is 0 Å². The van der Waals surface area contributed by atoms with E-state index in [1.165, 1.54) is 6.08 Å². The van der Waals surface area contributed by atoms with Crippen LogP contribution in [0.2, 0.25) is 0 Å². The molecular formula is C12H21NO4. The van der Waals surface area contributed by atoms with Crippen LogP contribution in [0.1, 0.15) is 34.6 Å². The Morgan fingerprint density at radius 2 is 1.71 bits per heavy atom. The molecule has 0 aliphatic carbocycles. The monoisotopic (exact) mass is 243 g/mol. The smallest absolute Gasteiger partial charge is 0.428 e. The molecule has 0 fully saturated rings. The summed E-state index contributed by atoms with van der Waals surface area (Å²) in [6.45, 7) is 12.0. The highest BCUT2D eigenvalue weighted by Crippen LogP contribution is 2.21. The van der Waals surface area contributed by atoms with E-state index >= 15 is 0 Å². The number of rotatable bonds is 3. The van der Waals surface area contributed by atoms with Crippen molar-refractivity contribution in [2.45, 2.75) is 46.3 Å². The standard InChI is InChI=1S/C12H21NO4/c1-7-12(5,6)8(13)9(14)16-10(15)17-11(2,3)4/h7-8H,1,13H2,2-6H3. The summed E-state index contributed by atoms with van der Waals surface area (Å²) < 4.78 is 9.34. The van der Waals surface area contributed by atoms with Crippen molar-refractivity contribution in [1.82, 2.24) is 0 Å². The van der Waals surface area contributed by atoms with E-state index in [1.807, 2.05) is 0 Å². The number of carbonyl (C=O) groups is 2. The van der Waals surface area contributed by atoms with Gasteiger partial charge in [0.05, 0.1) is 0 Å². The summed E-state index contributed by atoms with van der Waals surface area (Å²) in [5.74, 6) is -0.829. The van der Waals surface area contributed by atoms with E-state index in [2.05, 4.69) is 11.3 Å². The molecule has 0 aliphatic heterocycles. The van der Waals surface area contributed by atoms with Crippen molar-refractivity contribution in [2.24, 2.45) is 11.1 Å². The topological polar surface area (TPSA) is 78.6 Å². The SMILES string of the molecule is C=CC(C)(C)C(N)C(=O)OC(=O)OC(C)(C)C. The maximum atomic E-state index is 11.5. The van der Waals surface area contributed by atoms with Crippen LogP contribution in [0.4, 0.5) is 4.79 Å². The molecule has 0 rings (SSSR count). The average Bonchev–Trinajstić information content (AvgIpc) is 2.13. The van der Waals surface area contributed by atoms with Gasteiger partial charge in [-0.25, -0.2) is 9.59 Å². The zero-order valence-corrected chi connectivity index (χ0v) is 11.1. The van der Waals surface area contributed by atoms with Gasteiger partial charge in [-0.15, -0.1) is 6.58 Å². The fourth-order valence-corrected chi connectivity index (χ4v) is 0.847. The maximum Gasteiger partial charge on any atom is 0.516 e. The second-order valence-electron chi connectivity index (χ2n) is 5.39. The van der Waals surface area contributed by atoms with Gasteiger partial charge in [0.1, 0.15) is 11.6 Å². The number of carbonyl (C=O) groups excluding carboxylic acids is 2. The molecule has 5 nitrogen and oxygen atoms in total. The third-order valence-electron chi connectivity index (χ3n) is 2.16. The maximum absolute atomic E-state index is 11.5. The van der Waals surface area contributed by atoms with E-state index < -0.39 is 29.2 Å². The summed E-state index contributed by atoms with van der Waals surface area (Å²) in [5.41, 5.74) is 4.30. The van der Waals surface area contributed by atoms with Crippen LogP contribution in [0.15, 0.2) is 12.7 Å². The molecule has 0 bridgehead atoms. The fourth-order valence-electron chi connectivity index (χ4n) is 0.847. The second kappa shape index (κ2) is 5.31. The Kier molecular flexibility index (Phi) is 4.89. The zero-order valence-electron chi connectivity index (χ0n) is 11.1. The van der Waals surface area contributed by atoms with E-state index in [0.717, 1.165) is 0 Å². The van der Waals surface area contributed by atoms with Crippen molar-refractivity contribution < 1.29 is 19.1 Å². The van der Waals surface area contributed by atoms with E-state index in [-0.39, 0.29) is 0 Å². The van der Waals surface area contributed by atoms with Crippen molar-refractivity contribution in [3.63, 3.8) is 0 Å². The largest absolute Gasteiger partial charge is 0.516 e. The molecule has 0 heterocycles. The Labute approximate surface area is 102 Å². The normalized spacial score (nSPS) is 13.8. The Morgan fingerprint density at radius 3 is 2.06 bits per heavy atom. The molecule has 2 N–H and O–H groups in total. The van der Waals surface area contributed by atoms with Gasteiger partial charge < -0.3 is 15.2 Å². The minimum absolute atomic E-state index is 0.654. The lowest BCUT2D eigenvalue weighted by molar-refractivity contribution is -0.145. The van der Waals surface area contributed by atoms with Gasteiger partial charge in [0.2, 0.25) is 0 Å². The van der Waals surface area contributed by atoms with Crippen LogP contribution in [0.5, 0.6) is 0 Å². The molecule has 0 aromatic heterocycles. The van der Waals surface area contributed by atoms with Gasteiger partial charge >= 0.3 is 12.1 Å². The lowest BCUT2D eigenvalue weighted by atomic mass is 9.85. The average molecular weight is 243 g/mol. The summed E-state index contributed by atoms with van der Waals surface area (Å²) in [5, 5.41) is 0. The van der Waals surface area contributed by atoms with E-state index in [0.29, 0.717) is 0 Å². The van der Waals surface area contributed by atoms with E-state index in [1.54, 1.807) is 34.6 Å². The van der Waals surface area contributed by atoms with Crippen molar-refractivity contribution in [2.75, 3.05) is 0 Å². The number of esters is 1. The van der Waals surface area contributed by atoms with Crippen LogP contribution < -0.4 is 5.73 Å². The molecule has 1 atom stereocenters. The minimum atomic E-state index is -1.04. The first-order valence-corrected chi connectivity index (χ1v) is 5.33. The van der Waals surface area contributed by atoms with Crippen LogP contribution in [0.25, 0.3) is 0 Å². The third-order valence-corrected chi connectivity index (χ3v) is 2.16. The molecule has 0 radical (unpaired) electrons. The van der Waals surface area contributed by atoms with Crippen molar-refractivity contribution in [1.29, 1.82) is 0 Å². The molecule has 17 heavy (non-hydrogen) atoms. The molecule has 1 unspecified atom stereocenters. The van der Waals surface area contributed by atoms with Gasteiger partial charge in [-0.2, -0.15) is 0 Å². The number of hydrogen-bond donors (Lipinski definition) is 1. The van der Waals surface area contributed by atoms with E-state index in [9.17, 15) is 9.59 Å². The molecule has 0 amide bonds. The van der Waals surface area contributed by atoms with Crippen molar-refractivity contribution in [3.05, 3.63) is 12.7 Å². The van der Waals surface area contributed by atoms with Crippen LogP contribution in [0, 0.1) is 5.41 Å². The summed E-state index contributed by atoms with van der Waals surface area (Å²) in [6, 6.07) is -0.965. The van der Waals surface area contributed by atoms with Crippen LogP contribution >= 0.6 is 0 Å². The Hall–Kier alpha value is -1.36. The third kappa shape index (κ3) is 5.49. The highest BCUT2D eigenvalue weighted by Gasteiger charge is 2.33. The highest BCUT2D eigenvalue weighted by molar-refractivity contribution is 5.86. The lowest BCUT2D eigenvalue weighted by Gasteiger charge is -2.26. The quantitative estimate of drug-likeness (QED) is 0.466. The first-order chi connectivity index (χ1) is 7.49. The molecule has 0 aromatic carbocycles. The van der Waals surface area contributed by atoms with Gasteiger partial charge in [-0.05, 0) is 20.8 Å². The van der Waals surface area contributed by atoms with Crippen molar-refractivity contribution in [3.8, 4) is 0 Å². The Balaban J connectivity index is 4.47. The molecule has 0 saturated heterocycles. The molecule has 98 valence electrons. The number of nitrogens with two attached hydrogens (primary N) is 1. The highest BCUT2D eigenvalue weighted by atomic mass is 16.7. The molecular weight excluding hydrogens is 222 g/mol.